The van der Waals surface area contributed by atoms with Crippen LogP contribution in [0.15, 0.2) is 30.3 Å². The molecule has 0 aliphatic carbocycles. The molecule has 92 valence electrons. The molecule has 1 aromatic carbocycles. The Morgan fingerprint density at radius 2 is 1.76 bits per heavy atom. The maximum absolute atomic E-state index is 11.9. The summed E-state index contributed by atoms with van der Waals surface area (Å²) in [5.41, 5.74) is -0.383. The van der Waals surface area contributed by atoms with E-state index in [2.05, 4.69) is 5.32 Å². The molecule has 1 unspecified atom stereocenters. The maximum atomic E-state index is 11.9. The molecule has 0 heterocycles. The minimum atomic E-state index is -1.25. The summed E-state index contributed by atoms with van der Waals surface area (Å²) in [5.74, 6) is -1.70. The van der Waals surface area contributed by atoms with Gasteiger partial charge in [0.05, 0.1) is 5.92 Å². The van der Waals surface area contributed by atoms with E-state index in [1.807, 2.05) is 30.3 Å². The van der Waals surface area contributed by atoms with Crippen LogP contribution in [0.5, 0.6) is 0 Å². The molecule has 0 radical (unpaired) electrons. The van der Waals surface area contributed by atoms with E-state index in [4.69, 9.17) is 5.11 Å². The lowest BCUT2D eigenvalue weighted by atomic mass is 9.98. The fourth-order valence-electron chi connectivity index (χ4n) is 1.36. The van der Waals surface area contributed by atoms with Crippen molar-refractivity contribution in [2.75, 3.05) is 0 Å². The van der Waals surface area contributed by atoms with Crippen molar-refractivity contribution in [1.82, 2.24) is 5.32 Å². The second-order valence-electron chi connectivity index (χ2n) is 4.55. The number of amides is 1. The van der Waals surface area contributed by atoms with Crippen molar-refractivity contribution in [2.24, 2.45) is 0 Å². The number of benzene rings is 1. The smallest absolute Gasteiger partial charge is 0.328 e. The van der Waals surface area contributed by atoms with Crippen LogP contribution in [0.3, 0.4) is 0 Å². The van der Waals surface area contributed by atoms with Gasteiger partial charge in [-0.1, -0.05) is 30.3 Å². The predicted molar refractivity (Wildman–Crippen MR) is 64.7 cm³/mol. The average Bonchev–Trinajstić information content (AvgIpc) is 2.28. The summed E-state index contributed by atoms with van der Waals surface area (Å²) in [6.45, 7) is 4.68. The highest BCUT2D eigenvalue weighted by molar-refractivity contribution is 5.89. The lowest BCUT2D eigenvalue weighted by Gasteiger charge is -2.23. The zero-order valence-electron chi connectivity index (χ0n) is 10.2. The Labute approximate surface area is 101 Å². The van der Waals surface area contributed by atoms with Gasteiger partial charge >= 0.3 is 5.97 Å². The second kappa shape index (κ2) is 4.99. The van der Waals surface area contributed by atoms with E-state index in [9.17, 15) is 9.59 Å². The fraction of sp³-hybridized carbons (Fsp3) is 0.385. The first-order valence-electron chi connectivity index (χ1n) is 5.45. The van der Waals surface area contributed by atoms with Crippen LogP contribution in [0.4, 0.5) is 0 Å². The highest BCUT2D eigenvalue weighted by atomic mass is 16.4. The molecule has 1 rings (SSSR count). The third kappa shape index (κ3) is 3.31. The number of carbonyl (C=O) groups is 2. The number of carboxylic acids is 1. The van der Waals surface area contributed by atoms with Gasteiger partial charge in [-0.3, -0.25) is 4.79 Å². The molecule has 1 aromatic rings. The summed E-state index contributed by atoms with van der Waals surface area (Å²) >= 11 is 0. The first kappa shape index (κ1) is 13.2. The molecule has 4 nitrogen and oxygen atoms in total. The van der Waals surface area contributed by atoms with Gasteiger partial charge in [-0.15, -0.1) is 0 Å². The number of aliphatic carboxylic acids is 1. The van der Waals surface area contributed by atoms with Gasteiger partial charge in [0.15, 0.2) is 0 Å². The number of hydrogen-bond donors (Lipinski definition) is 2. The van der Waals surface area contributed by atoms with Crippen LogP contribution in [0.2, 0.25) is 0 Å². The van der Waals surface area contributed by atoms with Gasteiger partial charge in [-0.25, -0.2) is 4.79 Å². The van der Waals surface area contributed by atoms with Crippen LogP contribution in [-0.4, -0.2) is 22.5 Å². The molecule has 0 aliphatic rings. The number of hydrogen-bond acceptors (Lipinski definition) is 2. The summed E-state index contributed by atoms with van der Waals surface area (Å²) in [6, 6.07) is 9.26. The first-order chi connectivity index (χ1) is 7.84. The predicted octanol–water partition coefficient (Wildman–Crippen LogP) is 1.77. The van der Waals surface area contributed by atoms with Gasteiger partial charge in [0.2, 0.25) is 5.91 Å². The molecule has 4 heteroatoms. The summed E-state index contributed by atoms with van der Waals surface area (Å²) in [6.07, 6.45) is 0. The topological polar surface area (TPSA) is 66.4 Å². The summed E-state index contributed by atoms with van der Waals surface area (Å²) in [4.78, 5) is 22.8. The van der Waals surface area contributed by atoms with Crippen LogP contribution in [-0.2, 0) is 9.59 Å². The molecule has 1 atom stereocenters. The van der Waals surface area contributed by atoms with Crippen LogP contribution >= 0.6 is 0 Å². The highest BCUT2D eigenvalue weighted by Gasteiger charge is 2.30. The Balaban J connectivity index is 2.75. The molecule has 0 aliphatic heterocycles. The molecule has 0 saturated carbocycles. The van der Waals surface area contributed by atoms with Crippen molar-refractivity contribution < 1.29 is 14.7 Å². The van der Waals surface area contributed by atoms with Crippen molar-refractivity contribution in [3.63, 3.8) is 0 Å². The molecule has 0 saturated heterocycles. The van der Waals surface area contributed by atoms with Crippen LogP contribution in [0, 0.1) is 0 Å². The van der Waals surface area contributed by atoms with Crippen molar-refractivity contribution in [2.45, 2.75) is 32.2 Å². The Kier molecular flexibility index (Phi) is 3.89. The normalized spacial score (nSPS) is 12.9. The molecule has 17 heavy (non-hydrogen) atoms. The van der Waals surface area contributed by atoms with E-state index in [1.165, 1.54) is 13.8 Å². The summed E-state index contributed by atoms with van der Waals surface area (Å²) < 4.78 is 0. The maximum Gasteiger partial charge on any atom is 0.328 e. The van der Waals surface area contributed by atoms with Gasteiger partial charge < -0.3 is 10.4 Å². The Bertz CT molecular complexity index is 412. The third-order valence-electron chi connectivity index (χ3n) is 2.66. The first-order valence-corrected chi connectivity index (χ1v) is 5.45. The lowest BCUT2D eigenvalue weighted by molar-refractivity contribution is -0.146. The third-order valence-corrected chi connectivity index (χ3v) is 2.66. The van der Waals surface area contributed by atoms with Gasteiger partial charge in [-0.2, -0.15) is 0 Å². The van der Waals surface area contributed by atoms with Crippen molar-refractivity contribution in [1.29, 1.82) is 0 Å². The largest absolute Gasteiger partial charge is 0.480 e. The highest BCUT2D eigenvalue weighted by Crippen LogP contribution is 2.16. The molecule has 2 N–H and O–H groups in total. The minimum Gasteiger partial charge on any atom is -0.480 e. The van der Waals surface area contributed by atoms with Crippen LogP contribution in [0.25, 0.3) is 0 Å². The van der Waals surface area contributed by atoms with E-state index >= 15 is 0 Å². The van der Waals surface area contributed by atoms with E-state index < -0.39 is 11.5 Å². The molecular formula is C13H17NO3. The quantitative estimate of drug-likeness (QED) is 0.835. The van der Waals surface area contributed by atoms with Gasteiger partial charge in [-0.05, 0) is 26.3 Å². The Morgan fingerprint density at radius 1 is 1.24 bits per heavy atom. The molecule has 0 aromatic heterocycles. The zero-order valence-corrected chi connectivity index (χ0v) is 10.2. The molecule has 0 spiro atoms. The number of nitrogens with one attached hydrogen (secondary N) is 1. The monoisotopic (exact) mass is 235 g/mol. The fourth-order valence-corrected chi connectivity index (χ4v) is 1.36. The summed E-state index contributed by atoms with van der Waals surface area (Å²) in [5, 5.41) is 11.4. The Morgan fingerprint density at radius 3 is 2.24 bits per heavy atom. The van der Waals surface area contributed by atoms with E-state index in [0.29, 0.717) is 0 Å². The van der Waals surface area contributed by atoms with E-state index in [1.54, 1.807) is 6.92 Å². The molecule has 0 bridgehead atoms. The van der Waals surface area contributed by atoms with Crippen LogP contribution in [0.1, 0.15) is 32.3 Å². The number of carbonyl (C=O) groups excluding carboxylic acids is 1. The molecule has 0 fully saturated rings. The lowest BCUT2D eigenvalue weighted by Crippen LogP contribution is -2.50. The zero-order chi connectivity index (χ0) is 13.1. The standard InChI is InChI=1S/C13H17NO3/c1-9(10-7-5-4-6-8-10)11(15)14-13(2,3)12(16)17/h4-9H,1-3H3,(H,14,15)(H,16,17). The van der Waals surface area contributed by atoms with E-state index in [-0.39, 0.29) is 11.8 Å². The minimum absolute atomic E-state index is 0.288. The average molecular weight is 235 g/mol. The summed E-state index contributed by atoms with van der Waals surface area (Å²) in [7, 11) is 0. The SMILES string of the molecule is CC(C(=O)NC(C)(C)C(=O)O)c1ccccc1. The van der Waals surface area contributed by atoms with E-state index in [0.717, 1.165) is 5.56 Å². The number of rotatable bonds is 4. The van der Waals surface area contributed by atoms with Crippen molar-refractivity contribution in [3.05, 3.63) is 35.9 Å². The molecule has 1 amide bonds. The van der Waals surface area contributed by atoms with Crippen molar-refractivity contribution >= 4 is 11.9 Å². The molecular weight excluding hydrogens is 218 g/mol. The van der Waals surface area contributed by atoms with Crippen molar-refractivity contribution in [3.8, 4) is 0 Å². The second-order valence-corrected chi connectivity index (χ2v) is 4.55. The number of carboxylic acid groups (broad SMARTS) is 1. The van der Waals surface area contributed by atoms with Gasteiger partial charge in [0.1, 0.15) is 5.54 Å². The van der Waals surface area contributed by atoms with Crippen LogP contribution < -0.4 is 5.32 Å². The Hall–Kier alpha value is -1.84. The van der Waals surface area contributed by atoms with Gasteiger partial charge in [0.25, 0.3) is 0 Å². The van der Waals surface area contributed by atoms with Gasteiger partial charge in [0, 0.05) is 0 Å².